The van der Waals surface area contributed by atoms with Gasteiger partial charge in [-0.3, -0.25) is 0 Å². The second-order valence-electron chi connectivity index (χ2n) is 4.92. The second kappa shape index (κ2) is 5.96. The van der Waals surface area contributed by atoms with E-state index in [2.05, 4.69) is 21.2 Å². The van der Waals surface area contributed by atoms with Crippen molar-refractivity contribution in [2.24, 2.45) is 5.92 Å². The highest BCUT2D eigenvalue weighted by molar-refractivity contribution is 9.10. The van der Waals surface area contributed by atoms with Crippen molar-refractivity contribution < 1.29 is 4.39 Å². The Morgan fingerprint density at radius 3 is 2.65 bits per heavy atom. The average molecular weight is 300 g/mol. The summed E-state index contributed by atoms with van der Waals surface area (Å²) in [6.45, 7) is 0. The molecule has 1 aliphatic rings. The minimum atomic E-state index is -0.157. The Hall–Kier alpha value is -0.410. The molecule has 1 nitrogen and oxygen atoms in total. The summed E-state index contributed by atoms with van der Waals surface area (Å²) in [5.74, 6) is 0.595. The highest BCUT2D eigenvalue weighted by atomic mass is 79.9. The summed E-state index contributed by atoms with van der Waals surface area (Å²) in [4.78, 5) is 0. The van der Waals surface area contributed by atoms with Crippen LogP contribution in [0.1, 0.15) is 31.2 Å². The van der Waals surface area contributed by atoms with Gasteiger partial charge in [-0.25, -0.2) is 4.39 Å². The largest absolute Gasteiger partial charge is 0.316 e. The fraction of sp³-hybridized carbons (Fsp3) is 0.571. The molecule has 0 bridgehead atoms. The number of rotatable bonds is 4. The zero-order valence-corrected chi connectivity index (χ0v) is 11.8. The molecule has 1 aliphatic carbocycles. The van der Waals surface area contributed by atoms with E-state index in [4.69, 9.17) is 0 Å². The van der Waals surface area contributed by atoms with E-state index in [1.165, 1.54) is 31.7 Å². The highest BCUT2D eigenvalue weighted by Gasteiger charge is 2.23. The van der Waals surface area contributed by atoms with Gasteiger partial charge in [0.25, 0.3) is 0 Å². The molecule has 0 aliphatic heterocycles. The zero-order chi connectivity index (χ0) is 12.3. The van der Waals surface area contributed by atoms with Gasteiger partial charge in [-0.2, -0.15) is 0 Å². The van der Waals surface area contributed by atoms with Crippen LogP contribution in [-0.4, -0.2) is 13.1 Å². The number of likely N-dealkylation sites (N-methyl/N-ethyl adjacent to an activating group) is 1. The molecule has 17 heavy (non-hydrogen) atoms. The topological polar surface area (TPSA) is 12.0 Å². The van der Waals surface area contributed by atoms with Crippen molar-refractivity contribution in [3.63, 3.8) is 0 Å². The summed E-state index contributed by atoms with van der Waals surface area (Å²) in [6, 6.07) is 5.64. The third-order valence-corrected chi connectivity index (χ3v) is 4.18. The minimum Gasteiger partial charge on any atom is -0.316 e. The standard InChI is InChI=1S/C14H19BrFN/c1-17-14(11-4-2-3-5-11)8-10-6-12(15)9-13(16)7-10/h6-7,9,11,14,17H,2-5,8H2,1H3. The number of hydrogen-bond donors (Lipinski definition) is 1. The second-order valence-corrected chi connectivity index (χ2v) is 5.84. The first kappa shape index (κ1) is 13.0. The maximum atomic E-state index is 13.3. The van der Waals surface area contributed by atoms with Crippen LogP contribution in [0.25, 0.3) is 0 Å². The van der Waals surface area contributed by atoms with Crippen molar-refractivity contribution in [2.75, 3.05) is 7.05 Å². The quantitative estimate of drug-likeness (QED) is 0.889. The predicted molar refractivity (Wildman–Crippen MR) is 72.6 cm³/mol. The summed E-state index contributed by atoms with van der Waals surface area (Å²) in [6.07, 6.45) is 6.22. The van der Waals surface area contributed by atoms with Crippen molar-refractivity contribution in [3.8, 4) is 0 Å². The minimum absolute atomic E-state index is 0.157. The van der Waals surface area contributed by atoms with Crippen molar-refractivity contribution in [3.05, 3.63) is 34.1 Å². The molecule has 1 aromatic rings. The fourth-order valence-corrected chi connectivity index (χ4v) is 3.36. The lowest BCUT2D eigenvalue weighted by molar-refractivity contribution is 0.376. The van der Waals surface area contributed by atoms with Crippen molar-refractivity contribution >= 4 is 15.9 Å². The van der Waals surface area contributed by atoms with Crippen LogP contribution in [0.2, 0.25) is 0 Å². The lowest BCUT2D eigenvalue weighted by Gasteiger charge is -2.23. The first-order valence-corrected chi connectivity index (χ1v) is 7.10. The van der Waals surface area contributed by atoms with E-state index < -0.39 is 0 Å². The third-order valence-electron chi connectivity index (χ3n) is 3.72. The van der Waals surface area contributed by atoms with Gasteiger partial charge in [0.2, 0.25) is 0 Å². The smallest absolute Gasteiger partial charge is 0.124 e. The van der Waals surface area contributed by atoms with Crippen LogP contribution in [0, 0.1) is 11.7 Å². The first-order chi connectivity index (χ1) is 8.19. The van der Waals surface area contributed by atoms with Gasteiger partial charge in [-0.1, -0.05) is 28.8 Å². The van der Waals surface area contributed by atoms with Crippen LogP contribution < -0.4 is 5.32 Å². The molecule has 3 heteroatoms. The molecule has 2 rings (SSSR count). The fourth-order valence-electron chi connectivity index (χ4n) is 2.85. The zero-order valence-electron chi connectivity index (χ0n) is 10.2. The van der Waals surface area contributed by atoms with Crippen LogP contribution in [0.4, 0.5) is 4.39 Å². The van der Waals surface area contributed by atoms with Gasteiger partial charge in [0.1, 0.15) is 5.82 Å². The summed E-state index contributed by atoms with van der Waals surface area (Å²) in [5.41, 5.74) is 1.07. The Morgan fingerprint density at radius 2 is 2.06 bits per heavy atom. The van der Waals surface area contributed by atoms with E-state index in [1.54, 1.807) is 6.07 Å². The Bertz CT molecular complexity index is 354. The van der Waals surface area contributed by atoms with Crippen molar-refractivity contribution in [1.29, 1.82) is 0 Å². The predicted octanol–water partition coefficient (Wildman–Crippen LogP) is 3.91. The van der Waals surface area contributed by atoms with Crippen molar-refractivity contribution in [1.82, 2.24) is 5.32 Å². The molecule has 0 amide bonds. The number of benzene rings is 1. The van der Waals surface area contributed by atoms with E-state index in [0.29, 0.717) is 6.04 Å². The van der Waals surface area contributed by atoms with Crippen LogP contribution in [0.5, 0.6) is 0 Å². The summed E-state index contributed by atoms with van der Waals surface area (Å²) in [5, 5.41) is 3.39. The monoisotopic (exact) mass is 299 g/mol. The molecule has 1 aromatic carbocycles. The van der Waals surface area contributed by atoms with E-state index in [9.17, 15) is 4.39 Å². The Morgan fingerprint density at radius 1 is 1.35 bits per heavy atom. The molecule has 0 aromatic heterocycles. The lowest BCUT2D eigenvalue weighted by atomic mass is 9.92. The van der Waals surface area contributed by atoms with Crippen LogP contribution in [-0.2, 0) is 6.42 Å². The molecule has 94 valence electrons. The maximum Gasteiger partial charge on any atom is 0.124 e. The lowest BCUT2D eigenvalue weighted by Crippen LogP contribution is -2.34. The third kappa shape index (κ3) is 3.52. The van der Waals surface area contributed by atoms with Crippen LogP contribution in [0.3, 0.4) is 0 Å². The molecule has 1 saturated carbocycles. The van der Waals surface area contributed by atoms with Gasteiger partial charge in [0.15, 0.2) is 0 Å². The van der Waals surface area contributed by atoms with Gasteiger partial charge in [0.05, 0.1) is 0 Å². The first-order valence-electron chi connectivity index (χ1n) is 6.31. The van der Waals surface area contributed by atoms with Gasteiger partial charge in [-0.05, 0) is 56.0 Å². The van der Waals surface area contributed by atoms with Gasteiger partial charge in [0, 0.05) is 10.5 Å². The Balaban J connectivity index is 2.06. The molecule has 0 spiro atoms. The van der Waals surface area contributed by atoms with Crippen LogP contribution in [0.15, 0.2) is 22.7 Å². The van der Waals surface area contributed by atoms with E-state index in [-0.39, 0.29) is 5.82 Å². The molecular formula is C14H19BrFN. The Kier molecular flexibility index (Phi) is 4.57. The number of nitrogens with one attached hydrogen (secondary N) is 1. The summed E-state index contributed by atoms with van der Waals surface area (Å²) in [7, 11) is 2.01. The number of hydrogen-bond acceptors (Lipinski definition) is 1. The van der Waals surface area contributed by atoms with Gasteiger partial charge >= 0.3 is 0 Å². The van der Waals surface area contributed by atoms with Crippen molar-refractivity contribution in [2.45, 2.75) is 38.1 Å². The summed E-state index contributed by atoms with van der Waals surface area (Å²) >= 11 is 3.35. The molecule has 0 heterocycles. The Labute approximate surface area is 111 Å². The summed E-state index contributed by atoms with van der Waals surface area (Å²) < 4.78 is 14.1. The molecule has 0 radical (unpaired) electrons. The SMILES string of the molecule is CNC(Cc1cc(F)cc(Br)c1)C1CCCC1. The molecule has 1 N–H and O–H groups in total. The highest BCUT2D eigenvalue weighted by Crippen LogP contribution is 2.29. The van der Waals surface area contributed by atoms with Gasteiger partial charge < -0.3 is 5.32 Å². The van der Waals surface area contributed by atoms with Crippen LogP contribution >= 0.6 is 15.9 Å². The molecule has 1 atom stereocenters. The molecule has 0 saturated heterocycles. The van der Waals surface area contributed by atoms with E-state index >= 15 is 0 Å². The number of halogens is 2. The normalized spacial score (nSPS) is 18.5. The average Bonchev–Trinajstić information content (AvgIpc) is 2.77. The molecular weight excluding hydrogens is 281 g/mol. The molecule has 1 unspecified atom stereocenters. The maximum absolute atomic E-state index is 13.3. The van der Waals surface area contributed by atoms with E-state index in [1.807, 2.05) is 13.1 Å². The molecule has 1 fully saturated rings. The van der Waals surface area contributed by atoms with E-state index in [0.717, 1.165) is 22.4 Å². The van der Waals surface area contributed by atoms with Gasteiger partial charge in [-0.15, -0.1) is 0 Å².